The molecule has 0 aliphatic heterocycles. The number of nitrogens with zero attached hydrogens (tertiary/aromatic N) is 1. The van der Waals surface area contributed by atoms with Gasteiger partial charge in [0.25, 0.3) is 5.91 Å². The van der Waals surface area contributed by atoms with E-state index < -0.39 is 16.1 Å². The van der Waals surface area contributed by atoms with Crippen LogP contribution in [0.2, 0.25) is 0 Å². The third kappa shape index (κ3) is 6.98. The third-order valence-corrected chi connectivity index (χ3v) is 5.48. The molecule has 0 saturated carbocycles. The number of anilines is 1. The molecule has 0 unspecified atom stereocenters. The van der Waals surface area contributed by atoms with Crippen molar-refractivity contribution in [1.29, 1.82) is 0 Å². The summed E-state index contributed by atoms with van der Waals surface area (Å²) in [6.45, 7) is 4.07. The molecule has 7 nitrogen and oxygen atoms in total. The zero-order chi connectivity index (χ0) is 21.4. The molecular formula is C21H28N2O5S. The fraction of sp³-hybridized carbons (Fsp3) is 0.381. The Labute approximate surface area is 172 Å². The van der Waals surface area contributed by atoms with E-state index in [0.717, 1.165) is 12.0 Å². The van der Waals surface area contributed by atoms with Crippen LogP contribution in [-0.2, 0) is 14.8 Å². The highest BCUT2D eigenvalue weighted by molar-refractivity contribution is 7.92. The first-order valence-corrected chi connectivity index (χ1v) is 11.2. The Morgan fingerprint density at radius 2 is 1.69 bits per heavy atom. The summed E-state index contributed by atoms with van der Waals surface area (Å²) in [6.07, 6.45) is 0.966. The third-order valence-electron chi connectivity index (χ3n) is 4.27. The van der Waals surface area contributed by atoms with Gasteiger partial charge in [0.05, 0.1) is 18.0 Å². The Morgan fingerprint density at radius 3 is 2.24 bits per heavy atom. The van der Waals surface area contributed by atoms with E-state index in [9.17, 15) is 13.2 Å². The second kappa shape index (κ2) is 10.2. The summed E-state index contributed by atoms with van der Waals surface area (Å²) in [5.74, 6) is 1.01. The smallest absolute Gasteiger partial charge is 0.261 e. The predicted molar refractivity (Wildman–Crippen MR) is 114 cm³/mol. The Balaban J connectivity index is 1.90. The molecule has 2 aromatic rings. The van der Waals surface area contributed by atoms with Gasteiger partial charge in [-0.3, -0.25) is 9.10 Å². The number of carbonyl (C=O) groups is 1. The van der Waals surface area contributed by atoms with Gasteiger partial charge in [-0.15, -0.1) is 0 Å². The van der Waals surface area contributed by atoms with Crippen molar-refractivity contribution in [3.63, 3.8) is 0 Å². The predicted octanol–water partition coefficient (Wildman–Crippen LogP) is 2.82. The fourth-order valence-electron chi connectivity index (χ4n) is 2.53. The normalized spacial score (nSPS) is 13.2. The van der Waals surface area contributed by atoms with Crippen molar-refractivity contribution in [2.45, 2.75) is 32.4 Å². The highest BCUT2D eigenvalue weighted by Gasteiger charge is 2.21. The van der Waals surface area contributed by atoms with Crippen molar-refractivity contribution in [1.82, 2.24) is 5.32 Å². The average molecular weight is 421 g/mol. The highest BCUT2D eigenvalue weighted by atomic mass is 32.2. The molecule has 0 aromatic heterocycles. The summed E-state index contributed by atoms with van der Waals surface area (Å²) >= 11 is 0. The largest absolute Gasteiger partial charge is 0.491 e. The zero-order valence-corrected chi connectivity index (χ0v) is 18.0. The minimum Gasteiger partial charge on any atom is -0.491 e. The van der Waals surface area contributed by atoms with Crippen molar-refractivity contribution in [3.05, 3.63) is 54.6 Å². The first-order chi connectivity index (χ1) is 13.7. The molecule has 0 aliphatic rings. The lowest BCUT2D eigenvalue weighted by Crippen LogP contribution is -2.44. The van der Waals surface area contributed by atoms with Crippen LogP contribution in [-0.4, -0.2) is 46.4 Å². The Bertz CT molecular complexity index is 885. The van der Waals surface area contributed by atoms with E-state index in [-0.39, 0.29) is 11.9 Å². The number of amides is 1. The minimum absolute atomic E-state index is 0.189. The van der Waals surface area contributed by atoms with Gasteiger partial charge >= 0.3 is 0 Å². The van der Waals surface area contributed by atoms with Gasteiger partial charge in [0.1, 0.15) is 18.1 Å². The molecule has 0 radical (unpaired) electrons. The quantitative estimate of drug-likeness (QED) is 0.639. The number of carbonyl (C=O) groups excluding carboxylic acids is 1. The summed E-state index contributed by atoms with van der Waals surface area (Å²) in [5.41, 5.74) is 0.518. The molecular weight excluding hydrogens is 392 g/mol. The summed E-state index contributed by atoms with van der Waals surface area (Å²) in [5, 5.41) is 2.89. The van der Waals surface area contributed by atoms with E-state index >= 15 is 0 Å². The van der Waals surface area contributed by atoms with Crippen molar-refractivity contribution in [3.8, 4) is 11.5 Å². The van der Waals surface area contributed by atoms with Gasteiger partial charge in [-0.2, -0.15) is 0 Å². The molecule has 2 atom stereocenters. The van der Waals surface area contributed by atoms with E-state index in [2.05, 4.69) is 5.32 Å². The van der Waals surface area contributed by atoms with Crippen molar-refractivity contribution >= 4 is 21.6 Å². The Hall–Kier alpha value is -2.74. The van der Waals surface area contributed by atoms with Gasteiger partial charge in [-0.05, 0) is 49.7 Å². The SMILES string of the molecule is CC[C@H](Oc1ccc(N(C)S(C)(=O)=O)cc1)C(=O)N[C@H](C)COc1ccccc1. The molecule has 1 N–H and O–H groups in total. The van der Waals surface area contributed by atoms with Crippen molar-refractivity contribution in [2.75, 3.05) is 24.2 Å². The van der Waals surface area contributed by atoms with E-state index in [1.807, 2.05) is 44.2 Å². The molecule has 0 heterocycles. The van der Waals surface area contributed by atoms with E-state index in [0.29, 0.717) is 24.5 Å². The molecule has 1 amide bonds. The van der Waals surface area contributed by atoms with Gasteiger partial charge in [0, 0.05) is 7.05 Å². The second-order valence-corrected chi connectivity index (χ2v) is 8.79. The average Bonchev–Trinajstić information content (AvgIpc) is 2.70. The number of nitrogens with one attached hydrogen (secondary N) is 1. The summed E-state index contributed by atoms with van der Waals surface area (Å²) in [7, 11) is -1.85. The fourth-order valence-corrected chi connectivity index (χ4v) is 3.03. The molecule has 158 valence electrons. The second-order valence-electron chi connectivity index (χ2n) is 6.77. The topological polar surface area (TPSA) is 84.9 Å². The number of hydrogen-bond donors (Lipinski definition) is 1. The minimum atomic E-state index is -3.33. The molecule has 29 heavy (non-hydrogen) atoms. The number of sulfonamides is 1. The van der Waals surface area contributed by atoms with Crippen LogP contribution in [0.4, 0.5) is 5.69 Å². The molecule has 0 spiro atoms. The van der Waals surface area contributed by atoms with Crippen LogP contribution in [0.3, 0.4) is 0 Å². The van der Waals surface area contributed by atoms with Gasteiger partial charge < -0.3 is 14.8 Å². The van der Waals surface area contributed by atoms with Crippen LogP contribution < -0.4 is 19.1 Å². The van der Waals surface area contributed by atoms with Crippen LogP contribution in [0.1, 0.15) is 20.3 Å². The van der Waals surface area contributed by atoms with Crippen LogP contribution in [0.25, 0.3) is 0 Å². The van der Waals surface area contributed by atoms with E-state index in [1.54, 1.807) is 24.3 Å². The zero-order valence-electron chi connectivity index (χ0n) is 17.2. The molecule has 0 bridgehead atoms. The van der Waals surface area contributed by atoms with E-state index in [1.165, 1.54) is 11.4 Å². The highest BCUT2D eigenvalue weighted by Crippen LogP contribution is 2.21. The number of benzene rings is 2. The Morgan fingerprint density at radius 1 is 1.07 bits per heavy atom. The summed E-state index contributed by atoms with van der Waals surface area (Å²) < 4.78 is 35.8. The van der Waals surface area contributed by atoms with Crippen molar-refractivity contribution < 1.29 is 22.7 Å². The van der Waals surface area contributed by atoms with Crippen LogP contribution in [0, 0.1) is 0 Å². The van der Waals surface area contributed by atoms with Crippen LogP contribution >= 0.6 is 0 Å². The van der Waals surface area contributed by atoms with Crippen LogP contribution in [0.5, 0.6) is 11.5 Å². The molecule has 8 heteroatoms. The number of hydrogen-bond acceptors (Lipinski definition) is 5. The lowest BCUT2D eigenvalue weighted by atomic mass is 10.2. The number of ether oxygens (including phenoxy) is 2. The van der Waals surface area contributed by atoms with Gasteiger partial charge in [-0.1, -0.05) is 25.1 Å². The first-order valence-electron chi connectivity index (χ1n) is 9.39. The monoisotopic (exact) mass is 420 g/mol. The standard InChI is InChI=1S/C21H28N2O5S/c1-5-20(21(24)22-16(2)15-27-18-9-7-6-8-10-18)28-19-13-11-17(12-14-19)23(3)29(4,25)26/h6-14,16,20H,5,15H2,1-4H3,(H,22,24)/t16-,20+/m1/s1. The summed E-state index contributed by atoms with van der Waals surface area (Å²) in [4.78, 5) is 12.5. The molecule has 2 rings (SSSR count). The van der Waals surface area contributed by atoms with Gasteiger partial charge in [-0.25, -0.2) is 8.42 Å². The lowest BCUT2D eigenvalue weighted by molar-refractivity contribution is -0.128. The van der Waals surface area contributed by atoms with Crippen molar-refractivity contribution in [2.24, 2.45) is 0 Å². The molecule has 2 aromatic carbocycles. The maximum atomic E-state index is 12.5. The number of rotatable bonds is 10. The van der Waals surface area contributed by atoms with E-state index in [4.69, 9.17) is 9.47 Å². The molecule has 0 saturated heterocycles. The molecule has 0 aliphatic carbocycles. The molecule has 0 fully saturated rings. The lowest BCUT2D eigenvalue weighted by Gasteiger charge is -2.21. The first kappa shape index (κ1) is 22.5. The van der Waals surface area contributed by atoms with Crippen LogP contribution in [0.15, 0.2) is 54.6 Å². The summed E-state index contributed by atoms with van der Waals surface area (Å²) in [6, 6.07) is 15.8. The maximum Gasteiger partial charge on any atom is 0.261 e. The van der Waals surface area contributed by atoms with Gasteiger partial charge in [0.15, 0.2) is 6.10 Å². The Kier molecular flexibility index (Phi) is 7.90. The maximum absolute atomic E-state index is 12.5. The number of para-hydroxylation sites is 1. The van der Waals surface area contributed by atoms with Gasteiger partial charge in [0.2, 0.25) is 10.0 Å².